The van der Waals surface area contributed by atoms with Crippen LogP contribution in [-0.2, 0) is 4.79 Å². The van der Waals surface area contributed by atoms with Crippen molar-refractivity contribution in [3.05, 3.63) is 64.7 Å². The van der Waals surface area contributed by atoms with Crippen LogP contribution < -0.4 is 10.1 Å². The maximum absolute atomic E-state index is 12.2. The highest BCUT2D eigenvalue weighted by molar-refractivity contribution is 6.30. The molecular formula is C19H20ClNO2. The Morgan fingerprint density at radius 1 is 1.17 bits per heavy atom. The van der Waals surface area contributed by atoms with Gasteiger partial charge in [-0.2, -0.15) is 0 Å². The van der Waals surface area contributed by atoms with Gasteiger partial charge in [-0.3, -0.25) is 4.79 Å². The Hall–Kier alpha value is -2.00. The summed E-state index contributed by atoms with van der Waals surface area (Å²) in [6, 6.07) is 15.4. The number of ether oxygens (including phenoxy) is 1. The lowest BCUT2D eigenvalue weighted by molar-refractivity contribution is -0.124. The molecule has 0 bridgehead atoms. The van der Waals surface area contributed by atoms with Crippen molar-refractivity contribution >= 4 is 17.5 Å². The first-order valence-electron chi connectivity index (χ1n) is 7.86. The van der Waals surface area contributed by atoms with Crippen molar-refractivity contribution in [1.29, 1.82) is 0 Å². The van der Waals surface area contributed by atoms with Crippen molar-refractivity contribution in [2.45, 2.75) is 25.8 Å². The lowest BCUT2D eigenvalue weighted by atomic mass is 10.0. The van der Waals surface area contributed by atoms with E-state index in [1.165, 1.54) is 5.56 Å². The van der Waals surface area contributed by atoms with E-state index < -0.39 is 0 Å². The molecule has 0 aromatic heterocycles. The summed E-state index contributed by atoms with van der Waals surface area (Å²) < 4.78 is 5.51. The fourth-order valence-electron chi connectivity index (χ4n) is 2.57. The Balaban J connectivity index is 1.58. The molecule has 0 spiro atoms. The van der Waals surface area contributed by atoms with Gasteiger partial charge in [0.05, 0.1) is 6.04 Å². The SMILES string of the molecule is Cc1ccc(C(NC(=O)COc2ccc(Cl)cc2)C2CC2)cc1. The summed E-state index contributed by atoms with van der Waals surface area (Å²) in [5.74, 6) is 1.08. The van der Waals surface area contributed by atoms with Crippen molar-refractivity contribution in [3.8, 4) is 5.75 Å². The molecule has 2 aromatic carbocycles. The van der Waals surface area contributed by atoms with Crippen LogP contribution in [-0.4, -0.2) is 12.5 Å². The molecule has 1 N–H and O–H groups in total. The van der Waals surface area contributed by atoms with Gasteiger partial charge in [0.2, 0.25) is 0 Å². The number of carbonyl (C=O) groups is 1. The van der Waals surface area contributed by atoms with Crippen LogP contribution in [0, 0.1) is 12.8 Å². The molecule has 0 aliphatic heterocycles. The van der Waals surface area contributed by atoms with E-state index in [0.717, 1.165) is 18.4 Å². The molecule has 1 aliphatic carbocycles. The molecule has 0 radical (unpaired) electrons. The number of aryl methyl sites for hydroxylation is 1. The first kappa shape index (κ1) is 15.9. The van der Waals surface area contributed by atoms with E-state index in [4.69, 9.17) is 16.3 Å². The van der Waals surface area contributed by atoms with E-state index in [9.17, 15) is 4.79 Å². The van der Waals surface area contributed by atoms with Gasteiger partial charge in [-0.25, -0.2) is 0 Å². The largest absolute Gasteiger partial charge is 0.484 e. The summed E-state index contributed by atoms with van der Waals surface area (Å²) in [4.78, 5) is 12.2. The maximum Gasteiger partial charge on any atom is 0.258 e. The summed E-state index contributed by atoms with van der Waals surface area (Å²) in [6.07, 6.45) is 2.33. The molecule has 4 heteroatoms. The lowest BCUT2D eigenvalue weighted by Gasteiger charge is -2.19. The lowest BCUT2D eigenvalue weighted by Crippen LogP contribution is -2.33. The first-order valence-corrected chi connectivity index (χ1v) is 8.24. The zero-order valence-corrected chi connectivity index (χ0v) is 13.8. The molecule has 1 unspecified atom stereocenters. The number of benzene rings is 2. The third-order valence-electron chi connectivity index (χ3n) is 4.03. The number of rotatable bonds is 6. The van der Waals surface area contributed by atoms with Crippen molar-refractivity contribution in [2.75, 3.05) is 6.61 Å². The summed E-state index contributed by atoms with van der Waals surface area (Å²) in [5.41, 5.74) is 2.39. The molecule has 0 saturated heterocycles. The number of amides is 1. The van der Waals surface area contributed by atoms with Gasteiger partial charge in [-0.1, -0.05) is 41.4 Å². The fraction of sp³-hybridized carbons (Fsp3) is 0.316. The van der Waals surface area contributed by atoms with Crippen LogP contribution in [0.4, 0.5) is 0 Å². The summed E-state index contributed by atoms with van der Waals surface area (Å²) in [7, 11) is 0. The molecule has 1 atom stereocenters. The summed E-state index contributed by atoms with van der Waals surface area (Å²) in [5, 5.41) is 3.75. The minimum absolute atomic E-state index is 0.0106. The van der Waals surface area contributed by atoms with Crippen LogP contribution >= 0.6 is 11.6 Å². The van der Waals surface area contributed by atoms with Gasteiger partial charge in [0.15, 0.2) is 6.61 Å². The Labute approximate surface area is 141 Å². The average molecular weight is 330 g/mol. The summed E-state index contributed by atoms with van der Waals surface area (Å²) >= 11 is 5.83. The number of carbonyl (C=O) groups excluding carboxylic acids is 1. The quantitative estimate of drug-likeness (QED) is 0.858. The van der Waals surface area contributed by atoms with E-state index in [1.54, 1.807) is 24.3 Å². The Morgan fingerprint density at radius 2 is 1.83 bits per heavy atom. The van der Waals surface area contributed by atoms with E-state index >= 15 is 0 Å². The third-order valence-corrected chi connectivity index (χ3v) is 4.28. The van der Waals surface area contributed by atoms with Gasteiger partial charge in [-0.05, 0) is 55.5 Å². The highest BCUT2D eigenvalue weighted by Crippen LogP contribution is 2.41. The monoisotopic (exact) mass is 329 g/mol. The topological polar surface area (TPSA) is 38.3 Å². The second-order valence-electron chi connectivity index (χ2n) is 6.04. The minimum Gasteiger partial charge on any atom is -0.484 e. The molecule has 1 aliphatic rings. The Morgan fingerprint density at radius 3 is 2.43 bits per heavy atom. The predicted octanol–water partition coefficient (Wildman–Crippen LogP) is 4.29. The Bertz CT molecular complexity index is 663. The third kappa shape index (κ3) is 4.49. The molecule has 2 aromatic rings. The highest BCUT2D eigenvalue weighted by atomic mass is 35.5. The van der Waals surface area contributed by atoms with E-state index in [1.807, 2.05) is 0 Å². The van der Waals surface area contributed by atoms with Crippen molar-refractivity contribution < 1.29 is 9.53 Å². The molecule has 23 heavy (non-hydrogen) atoms. The van der Waals surface area contributed by atoms with Crippen LogP contribution in [0.1, 0.15) is 30.0 Å². The predicted molar refractivity (Wildman–Crippen MR) is 91.7 cm³/mol. The van der Waals surface area contributed by atoms with Crippen molar-refractivity contribution in [2.24, 2.45) is 5.92 Å². The molecule has 3 nitrogen and oxygen atoms in total. The van der Waals surface area contributed by atoms with Gasteiger partial charge in [0.25, 0.3) is 5.91 Å². The van der Waals surface area contributed by atoms with Gasteiger partial charge < -0.3 is 10.1 Å². The van der Waals surface area contributed by atoms with Crippen LogP contribution in [0.3, 0.4) is 0 Å². The molecule has 1 amide bonds. The molecule has 3 rings (SSSR count). The molecule has 0 heterocycles. The molecular weight excluding hydrogens is 310 g/mol. The number of hydrogen-bond acceptors (Lipinski definition) is 2. The number of nitrogens with one attached hydrogen (secondary N) is 1. The highest BCUT2D eigenvalue weighted by Gasteiger charge is 2.33. The Kier molecular flexibility index (Phi) is 4.87. The zero-order chi connectivity index (χ0) is 16.2. The normalized spacial score (nSPS) is 15.0. The number of halogens is 1. The van der Waals surface area contributed by atoms with Gasteiger partial charge in [0.1, 0.15) is 5.75 Å². The van der Waals surface area contributed by atoms with Crippen molar-refractivity contribution in [1.82, 2.24) is 5.32 Å². The smallest absolute Gasteiger partial charge is 0.258 e. The average Bonchev–Trinajstić information content (AvgIpc) is 3.38. The first-order chi connectivity index (χ1) is 11.1. The van der Waals surface area contributed by atoms with Crippen LogP contribution in [0.15, 0.2) is 48.5 Å². The van der Waals surface area contributed by atoms with Crippen LogP contribution in [0.5, 0.6) is 5.75 Å². The van der Waals surface area contributed by atoms with Gasteiger partial charge in [0, 0.05) is 5.02 Å². The minimum atomic E-state index is -0.0996. The molecule has 1 fully saturated rings. The second-order valence-corrected chi connectivity index (χ2v) is 6.47. The fourth-order valence-corrected chi connectivity index (χ4v) is 2.70. The zero-order valence-electron chi connectivity index (χ0n) is 13.1. The maximum atomic E-state index is 12.2. The van der Waals surface area contributed by atoms with Crippen LogP contribution in [0.25, 0.3) is 0 Å². The van der Waals surface area contributed by atoms with Crippen molar-refractivity contribution in [3.63, 3.8) is 0 Å². The van der Waals surface area contributed by atoms with Gasteiger partial charge >= 0.3 is 0 Å². The van der Waals surface area contributed by atoms with E-state index in [-0.39, 0.29) is 18.6 Å². The molecule has 120 valence electrons. The van der Waals surface area contributed by atoms with Crippen LogP contribution in [0.2, 0.25) is 5.02 Å². The standard InChI is InChI=1S/C19H20ClNO2/c1-13-2-4-14(5-3-13)19(15-6-7-15)21-18(22)12-23-17-10-8-16(20)9-11-17/h2-5,8-11,15,19H,6-7,12H2,1H3,(H,21,22). The van der Waals surface area contributed by atoms with E-state index in [2.05, 4.69) is 36.5 Å². The second kappa shape index (κ2) is 7.05. The molecule has 1 saturated carbocycles. The van der Waals surface area contributed by atoms with E-state index in [0.29, 0.717) is 16.7 Å². The summed E-state index contributed by atoms with van der Waals surface area (Å²) in [6.45, 7) is 2.07. The van der Waals surface area contributed by atoms with Gasteiger partial charge in [-0.15, -0.1) is 0 Å². The number of hydrogen-bond donors (Lipinski definition) is 1.